The van der Waals surface area contributed by atoms with Crippen LogP contribution in [0.2, 0.25) is 10.0 Å². The molecule has 168 valence electrons. The zero-order valence-electron chi connectivity index (χ0n) is 16.3. The van der Waals surface area contributed by atoms with Crippen LogP contribution in [0.5, 0.6) is 0 Å². The van der Waals surface area contributed by atoms with Crippen LogP contribution in [0.4, 0.5) is 20.2 Å². The van der Waals surface area contributed by atoms with E-state index in [1.807, 2.05) is 0 Å². The summed E-state index contributed by atoms with van der Waals surface area (Å²) in [4.78, 5) is 24.5. The predicted molar refractivity (Wildman–Crippen MR) is 123 cm³/mol. The highest BCUT2D eigenvalue weighted by Gasteiger charge is 2.17. The van der Waals surface area contributed by atoms with Crippen molar-refractivity contribution in [3.8, 4) is 0 Å². The van der Waals surface area contributed by atoms with Crippen LogP contribution in [0.1, 0.15) is 5.82 Å². The molecule has 0 radical (unpaired) electrons. The minimum absolute atomic E-state index is 0.0652. The summed E-state index contributed by atoms with van der Waals surface area (Å²) in [5.74, 6) is -2.27. The third-order valence-electron chi connectivity index (χ3n) is 4.05. The Morgan fingerprint density at radius 3 is 2.53 bits per heavy atom. The number of benzene rings is 2. The standard InChI is InChI=1S/C19H14BrCl2F2N5O2S/c1-29-15(7-16(30)25-10-2-3-12(21)13(22)6-10)27-28-19(29)32-8-17(31)26-18-11(20)4-9(23)5-14(18)24/h2-6H,7-8H2,1H3,(H,25,30)(H,26,31). The van der Waals surface area contributed by atoms with Crippen LogP contribution in [-0.2, 0) is 23.1 Å². The number of carbonyl (C=O) groups excluding carboxylic acids is 2. The van der Waals surface area contributed by atoms with Crippen LogP contribution in [0, 0.1) is 11.6 Å². The molecule has 0 aliphatic heterocycles. The highest BCUT2D eigenvalue weighted by Crippen LogP contribution is 2.28. The van der Waals surface area contributed by atoms with E-state index in [-0.39, 0.29) is 28.2 Å². The first-order chi connectivity index (χ1) is 15.1. The first-order valence-corrected chi connectivity index (χ1v) is 11.4. The van der Waals surface area contributed by atoms with Crippen molar-refractivity contribution in [1.82, 2.24) is 14.8 Å². The second kappa shape index (κ2) is 10.6. The Bertz CT molecular complexity index is 1170. The van der Waals surface area contributed by atoms with Crippen molar-refractivity contribution in [3.05, 3.63) is 62.3 Å². The number of nitrogens with one attached hydrogen (secondary N) is 2. The average Bonchev–Trinajstić information content (AvgIpc) is 3.05. The minimum atomic E-state index is -0.899. The zero-order valence-corrected chi connectivity index (χ0v) is 20.2. The van der Waals surface area contributed by atoms with Gasteiger partial charge in [0.25, 0.3) is 0 Å². The Hall–Kier alpha value is -2.21. The Morgan fingerprint density at radius 1 is 1.09 bits per heavy atom. The van der Waals surface area contributed by atoms with E-state index in [0.29, 0.717) is 32.8 Å². The molecule has 0 unspecified atom stereocenters. The predicted octanol–water partition coefficient (Wildman–Crippen LogP) is 5.07. The van der Waals surface area contributed by atoms with Crippen molar-refractivity contribution in [2.75, 3.05) is 16.4 Å². The molecule has 0 aliphatic carbocycles. The summed E-state index contributed by atoms with van der Waals surface area (Å²) in [6.07, 6.45) is -0.0652. The van der Waals surface area contributed by atoms with Gasteiger partial charge < -0.3 is 15.2 Å². The van der Waals surface area contributed by atoms with Gasteiger partial charge in [-0.15, -0.1) is 10.2 Å². The first kappa shape index (κ1) is 24.4. The summed E-state index contributed by atoms with van der Waals surface area (Å²) in [7, 11) is 1.65. The minimum Gasteiger partial charge on any atom is -0.326 e. The number of anilines is 2. The van der Waals surface area contributed by atoms with Crippen LogP contribution in [-0.4, -0.2) is 32.3 Å². The Kier molecular flexibility index (Phi) is 8.10. The highest BCUT2D eigenvalue weighted by atomic mass is 79.9. The number of rotatable bonds is 7. The molecule has 1 heterocycles. The Balaban J connectivity index is 1.57. The lowest BCUT2D eigenvalue weighted by Crippen LogP contribution is -2.17. The first-order valence-electron chi connectivity index (χ1n) is 8.84. The molecule has 7 nitrogen and oxygen atoms in total. The Labute approximate surface area is 204 Å². The van der Waals surface area contributed by atoms with Gasteiger partial charge in [-0.1, -0.05) is 35.0 Å². The number of thioether (sulfide) groups is 1. The molecule has 0 saturated heterocycles. The molecule has 0 fully saturated rings. The second-order valence-electron chi connectivity index (χ2n) is 6.39. The normalized spacial score (nSPS) is 10.8. The fourth-order valence-corrected chi connectivity index (χ4v) is 4.05. The molecule has 0 aliphatic rings. The molecule has 32 heavy (non-hydrogen) atoms. The molecule has 0 atom stereocenters. The lowest BCUT2D eigenvalue weighted by molar-refractivity contribution is -0.116. The maximum atomic E-state index is 13.9. The van der Waals surface area contributed by atoms with Crippen molar-refractivity contribution >= 4 is 74.1 Å². The van der Waals surface area contributed by atoms with Gasteiger partial charge in [0, 0.05) is 23.3 Å². The smallest absolute Gasteiger partial charge is 0.234 e. The number of halogens is 5. The fourth-order valence-electron chi connectivity index (χ4n) is 2.51. The maximum absolute atomic E-state index is 13.9. The fraction of sp³-hybridized carbons (Fsp3) is 0.158. The molecule has 0 bridgehead atoms. The molecule has 0 spiro atoms. The number of amides is 2. The molecular formula is C19H14BrCl2F2N5O2S. The van der Waals surface area contributed by atoms with Crippen LogP contribution in [0.15, 0.2) is 40.0 Å². The SMILES string of the molecule is Cn1c(CC(=O)Nc2ccc(Cl)c(Cl)c2)nnc1SCC(=O)Nc1c(F)cc(F)cc1Br. The number of hydrogen-bond donors (Lipinski definition) is 2. The van der Waals surface area contributed by atoms with Crippen LogP contribution >= 0.6 is 50.9 Å². The van der Waals surface area contributed by atoms with Gasteiger partial charge in [0.2, 0.25) is 11.8 Å². The van der Waals surface area contributed by atoms with E-state index in [0.717, 1.165) is 17.8 Å². The van der Waals surface area contributed by atoms with Gasteiger partial charge in [-0.3, -0.25) is 9.59 Å². The van der Waals surface area contributed by atoms with Gasteiger partial charge in [0.15, 0.2) is 11.0 Å². The molecular weight excluding hydrogens is 551 g/mol. The van der Waals surface area contributed by atoms with Crippen molar-refractivity contribution < 1.29 is 18.4 Å². The molecule has 2 aromatic carbocycles. The number of hydrogen-bond acceptors (Lipinski definition) is 5. The van der Waals surface area contributed by atoms with Crippen molar-refractivity contribution in [2.24, 2.45) is 7.05 Å². The van der Waals surface area contributed by atoms with Crippen molar-refractivity contribution in [1.29, 1.82) is 0 Å². The molecule has 0 saturated carbocycles. The summed E-state index contributed by atoms with van der Waals surface area (Å²) < 4.78 is 28.7. The van der Waals surface area contributed by atoms with Crippen LogP contribution < -0.4 is 10.6 Å². The van der Waals surface area contributed by atoms with Gasteiger partial charge in [0.05, 0.1) is 27.9 Å². The maximum Gasteiger partial charge on any atom is 0.234 e. The van der Waals surface area contributed by atoms with E-state index in [4.69, 9.17) is 23.2 Å². The second-order valence-corrected chi connectivity index (χ2v) is 9.00. The van der Waals surface area contributed by atoms with Crippen molar-refractivity contribution in [3.63, 3.8) is 0 Å². The topological polar surface area (TPSA) is 88.9 Å². The monoisotopic (exact) mass is 563 g/mol. The third kappa shape index (κ3) is 6.18. The van der Waals surface area contributed by atoms with Gasteiger partial charge in [-0.25, -0.2) is 8.78 Å². The molecule has 2 N–H and O–H groups in total. The lowest BCUT2D eigenvalue weighted by Gasteiger charge is -2.09. The largest absolute Gasteiger partial charge is 0.326 e. The Morgan fingerprint density at radius 2 is 1.84 bits per heavy atom. The van der Waals surface area contributed by atoms with Crippen LogP contribution in [0.3, 0.4) is 0 Å². The summed E-state index contributed by atoms with van der Waals surface area (Å²) in [5.41, 5.74) is 0.326. The van der Waals surface area contributed by atoms with E-state index in [2.05, 4.69) is 36.8 Å². The number of aromatic nitrogens is 3. The van der Waals surface area contributed by atoms with Gasteiger partial charge in [-0.2, -0.15) is 0 Å². The van der Waals surface area contributed by atoms with Crippen molar-refractivity contribution in [2.45, 2.75) is 11.6 Å². The highest BCUT2D eigenvalue weighted by molar-refractivity contribution is 9.10. The molecule has 13 heteroatoms. The van der Waals surface area contributed by atoms with Gasteiger partial charge >= 0.3 is 0 Å². The van der Waals surface area contributed by atoms with E-state index >= 15 is 0 Å². The average molecular weight is 565 g/mol. The van der Waals surface area contributed by atoms with Crippen LogP contribution in [0.25, 0.3) is 0 Å². The van der Waals surface area contributed by atoms with E-state index in [1.165, 1.54) is 6.07 Å². The lowest BCUT2D eigenvalue weighted by atomic mass is 10.3. The summed E-state index contributed by atoms with van der Waals surface area (Å²) >= 11 is 15.9. The van der Waals surface area contributed by atoms with Gasteiger partial charge in [0.1, 0.15) is 11.6 Å². The molecule has 3 aromatic rings. The van der Waals surface area contributed by atoms with E-state index < -0.39 is 17.5 Å². The zero-order chi connectivity index (χ0) is 23.4. The number of nitrogens with zero attached hydrogens (tertiary/aromatic N) is 3. The van der Waals surface area contributed by atoms with E-state index in [1.54, 1.807) is 23.7 Å². The molecule has 1 aromatic heterocycles. The molecule has 3 rings (SSSR count). The summed E-state index contributed by atoms with van der Waals surface area (Å²) in [6.45, 7) is 0. The summed E-state index contributed by atoms with van der Waals surface area (Å²) in [6, 6.07) is 6.43. The van der Waals surface area contributed by atoms with E-state index in [9.17, 15) is 18.4 Å². The summed E-state index contributed by atoms with van der Waals surface area (Å²) in [5, 5.41) is 14.1. The molecule has 2 amide bonds. The third-order valence-corrected chi connectivity index (χ3v) is 6.44. The van der Waals surface area contributed by atoms with Gasteiger partial charge in [-0.05, 0) is 40.2 Å². The quantitative estimate of drug-likeness (QED) is 0.391. The number of carbonyl (C=O) groups is 2.